The molecule has 0 aliphatic carbocycles. The smallest absolute Gasteiger partial charge is 0.365 e. The average molecular weight is 591 g/mol. The Balaban J connectivity index is 1.77. The fourth-order valence-corrected chi connectivity index (χ4v) is 6.03. The summed E-state index contributed by atoms with van der Waals surface area (Å²) in [5.41, 5.74) is 1.59. The number of hydrogen-bond donors (Lipinski definition) is 2. The Kier molecular flexibility index (Phi) is 6.59. The number of hydrogen-bond acceptors (Lipinski definition) is 10. The lowest BCUT2D eigenvalue weighted by Crippen LogP contribution is -2.43. The highest BCUT2D eigenvalue weighted by molar-refractivity contribution is 7.86. The molecule has 2 heterocycles. The summed E-state index contributed by atoms with van der Waals surface area (Å²) in [6, 6.07) is 13.4. The molecule has 0 saturated carbocycles. The minimum atomic E-state index is -4.67. The van der Waals surface area contributed by atoms with Crippen molar-refractivity contribution in [2.45, 2.75) is 16.7 Å². The van der Waals surface area contributed by atoms with Crippen molar-refractivity contribution >= 4 is 41.8 Å². The highest BCUT2D eigenvalue weighted by atomic mass is 32.2. The van der Waals surface area contributed by atoms with Crippen molar-refractivity contribution in [2.75, 3.05) is 14.2 Å². The maximum absolute atomic E-state index is 12.0. The SMILES string of the molecule is COc1ccc2nc(-[n+]3nc(-c4cc(C)cc(S(=O)(=O)O)c4)nn3-c3ccc(OC)c(S(=O)(=O)O)c3)sc2c1. The van der Waals surface area contributed by atoms with Crippen LogP contribution in [0.25, 0.3) is 32.4 Å². The van der Waals surface area contributed by atoms with Gasteiger partial charge in [0.2, 0.25) is 0 Å². The van der Waals surface area contributed by atoms with Crippen molar-refractivity contribution in [3.05, 3.63) is 60.2 Å². The van der Waals surface area contributed by atoms with Crippen LogP contribution in [0.2, 0.25) is 0 Å². The van der Waals surface area contributed by atoms with Crippen LogP contribution >= 0.6 is 11.3 Å². The second kappa shape index (κ2) is 9.65. The zero-order valence-electron chi connectivity index (χ0n) is 20.5. The van der Waals surface area contributed by atoms with Crippen molar-refractivity contribution in [3.8, 4) is 33.7 Å². The van der Waals surface area contributed by atoms with Crippen LogP contribution in [0.3, 0.4) is 0 Å². The van der Waals surface area contributed by atoms with Gasteiger partial charge in [0.1, 0.15) is 22.1 Å². The topological polar surface area (TPSA) is 175 Å². The number of benzene rings is 3. The van der Waals surface area contributed by atoms with E-state index in [4.69, 9.17) is 9.47 Å². The van der Waals surface area contributed by atoms with Gasteiger partial charge in [0.15, 0.2) is 5.52 Å². The third-order valence-corrected chi connectivity index (χ3v) is 8.27. The Hall–Kier alpha value is -3.96. The van der Waals surface area contributed by atoms with E-state index < -0.39 is 25.1 Å². The molecule has 0 aliphatic heterocycles. The second-order valence-electron chi connectivity index (χ2n) is 8.25. The lowest BCUT2D eigenvalue weighted by atomic mass is 10.1. The van der Waals surface area contributed by atoms with Crippen LogP contribution in [0.5, 0.6) is 11.5 Å². The molecule has 0 radical (unpaired) electrons. The number of methoxy groups -OCH3 is 2. The molecule has 0 spiro atoms. The quantitative estimate of drug-likeness (QED) is 0.211. The number of tetrazole rings is 1. The van der Waals surface area contributed by atoms with E-state index in [-0.39, 0.29) is 27.7 Å². The number of aromatic nitrogens is 5. The van der Waals surface area contributed by atoms with Gasteiger partial charge >= 0.3 is 5.13 Å². The maximum atomic E-state index is 12.0. The van der Waals surface area contributed by atoms with Gasteiger partial charge in [-0.05, 0) is 75.7 Å². The Morgan fingerprint density at radius 1 is 0.923 bits per heavy atom. The average Bonchev–Trinajstić information content (AvgIpc) is 3.51. The molecule has 0 atom stereocenters. The van der Waals surface area contributed by atoms with E-state index in [0.29, 0.717) is 22.0 Å². The highest BCUT2D eigenvalue weighted by Gasteiger charge is 2.28. The van der Waals surface area contributed by atoms with E-state index in [2.05, 4.69) is 15.2 Å². The standard InChI is InChI=1S/C23H19N5O8S3/c1-13-8-14(10-17(9-13)38(29,30)31)22-25-27(15-4-7-19(36-3)21(11-15)39(32,33)34)28(26-22)23-24-18-6-5-16(35-2)12-20(18)37-23/h4-12H,1-3H3,(H-,29,30,31,32,33,34)/p+1. The largest absolute Gasteiger partial charge is 0.497 e. The summed E-state index contributed by atoms with van der Waals surface area (Å²) < 4.78 is 78.2. The van der Waals surface area contributed by atoms with Crippen LogP contribution in [-0.4, -0.2) is 60.1 Å². The van der Waals surface area contributed by atoms with Gasteiger partial charge in [0.25, 0.3) is 26.1 Å². The Morgan fingerprint density at radius 3 is 2.36 bits per heavy atom. The Labute approximate surface area is 226 Å². The molecule has 2 aromatic heterocycles. The van der Waals surface area contributed by atoms with Crippen LogP contribution in [0.1, 0.15) is 5.56 Å². The number of nitrogens with zero attached hydrogens (tertiary/aromatic N) is 5. The summed E-state index contributed by atoms with van der Waals surface area (Å²) in [5, 5.41) is 9.36. The van der Waals surface area contributed by atoms with Crippen LogP contribution in [-0.2, 0) is 20.2 Å². The highest BCUT2D eigenvalue weighted by Crippen LogP contribution is 2.29. The molecule has 202 valence electrons. The molecule has 13 nitrogen and oxygen atoms in total. The molecule has 0 amide bonds. The first kappa shape index (κ1) is 26.6. The maximum Gasteiger partial charge on any atom is 0.365 e. The van der Waals surface area contributed by atoms with Crippen molar-refractivity contribution in [3.63, 3.8) is 0 Å². The normalized spacial score (nSPS) is 12.1. The predicted molar refractivity (Wildman–Crippen MR) is 139 cm³/mol. The van der Waals surface area contributed by atoms with E-state index in [1.165, 1.54) is 52.3 Å². The Morgan fingerprint density at radius 2 is 1.69 bits per heavy atom. The zero-order chi connectivity index (χ0) is 28.1. The van der Waals surface area contributed by atoms with Crippen LogP contribution < -0.4 is 14.3 Å². The monoisotopic (exact) mass is 590 g/mol. The first-order valence-electron chi connectivity index (χ1n) is 11.0. The fourth-order valence-electron chi connectivity index (χ4n) is 3.81. The van der Waals surface area contributed by atoms with Gasteiger partial charge in [0, 0.05) is 16.7 Å². The number of rotatable bonds is 7. The summed E-state index contributed by atoms with van der Waals surface area (Å²) in [6.07, 6.45) is 0. The van der Waals surface area contributed by atoms with E-state index >= 15 is 0 Å². The molecule has 0 fully saturated rings. The molecular weight excluding hydrogens is 570 g/mol. The van der Waals surface area contributed by atoms with E-state index in [9.17, 15) is 25.9 Å². The van der Waals surface area contributed by atoms with Gasteiger partial charge < -0.3 is 9.47 Å². The number of fused-ring (bicyclic) bond motifs is 1. The van der Waals surface area contributed by atoms with Gasteiger partial charge in [0.05, 0.1) is 23.8 Å². The molecule has 5 rings (SSSR count). The van der Waals surface area contributed by atoms with Crippen molar-refractivity contribution in [1.82, 2.24) is 20.0 Å². The predicted octanol–water partition coefficient (Wildman–Crippen LogP) is 2.64. The van der Waals surface area contributed by atoms with Crippen LogP contribution in [0.4, 0.5) is 0 Å². The van der Waals surface area contributed by atoms with Crippen LogP contribution in [0.15, 0.2) is 64.4 Å². The fraction of sp³-hybridized carbons (Fsp3) is 0.130. The summed E-state index contributed by atoms with van der Waals surface area (Å²) in [6.45, 7) is 1.64. The summed E-state index contributed by atoms with van der Waals surface area (Å²) in [7, 11) is -6.39. The minimum Gasteiger partial charge on any atom is -0.497 e. The first-order chi connectivity index (χ1) is 18.4. The zero-order valence-corrected chi connectivity index (χ0v) is 23.0. The van der Waals surface area contributed by atoms with Crippen LogP contribution in [0, 0.1) is 6.92 Å². The van der Waals surface area contributed by atoms with Gasteiger partial charge in [-0.15, -0.1) is 0 Å². The van der Waals surface area contributed by atoms with Crippen molar-refractivity contribution < 1.29 is 40.2 Å². The lowest BCUT2D eigenvalue weighted by Gasteiger charge is -2.07. The van der Waals surface area contributed by atoms with Gasteiger partial charge in [-0.1, -0.05) is 16.3 Å². The van der Waals surface area contributed by atoms with Gasteiger partial charge in [-0.3, -0.25) is 9.11 Å². The molecule has 0 bridgehead atoms. The molecule has 5 aromatic rings. The molecule has 0 aliphatic rings. The van der Waals surface area contributed by atoms with Crippen molar-refractivity contribution in [2.24, 2.45) is 0 Å². The Bertz CT molecular complexity index is 1970. The number of thiazole rings is 1. The molecule has 2 N–H and O–H groups in total. The van der Waals surface area contributed by atoms with E-state index in [1.54, 1.807) is 38.3 Å². The van der Waals surface area contributed by atoms with E-state index in [0.717, 1.165) is 10.8 Å². The first-order valence-corrected chi connectivity index (χ1v) is 14.7. The third kappa shape index (κ3) is 5.19. The number of aryl methyl sites for hydroxylation is 1. The number of ether oxygens (including phenoxy) is 2. The van der Waals surface area contributed by atoms with Crippen molar-refractivity contribution in [1.29, 1.82) is 0 Å². The summed E-state index contributed by atoms with van der Waals surface area (Å²) >= 11 is 1.25. The van der Waals surface area contributed by atoms with Gasteiger partial charge in [-0.2, -0.15) is 16.8 Å². The summed E-state index contributed by atoms with van der Waals surface area (Å²) in [4.78, 5) is 6.31. The lowest BCUT2D eigenvalue weighted by molar-refractivity contribution is -0.734. The molecule has 0 unspecified atom stereocenters. The van der Waals surface area contributed by atoms with Gasteiger partial charge in [-0.25, -0.2) is 0 Å². The minimum absolute atomic E-state index is 0.0460. The molecule has 0 saturated heterocycles. The molecule has 39 heavy (non-hydrogen) atoms. The molecular formula is C23H20N5O8S3+. The molecule has 16 heteroatoms. The molecule has 3 aromatic carbocycles. The second-order valence-corrected chi connectivity index (χ2v) is 12.1. The van der Waals surface area contributed by atoms with E-state index in [1.807, 2.05) is 0 Å². The third-order valence-electron chi connectivity index (χ3n) is 5.58. The summed E-state index contributed by atoms with van der Waals surface area (Å²) in [5.74, 6) is 0.580.